The third-order valence-electron chi connectivity index (χ3n) is 5.08. The predicted octanol–water partition coefficient (Wildman–Crippen LogP) is 5.10. The van der Waals surface area contributed by atoms with Crippen LogP contribution in [0, 0.1) is 0 Å². The fraction of sp³-hybridized carbons (Fsp3) is 0.684. The summed E-state index contributed by atoms with van der Waals surface area (Å²) in [6.07, 6.45) is 2.90. The number of rotatable bonds is 8. The van der Waals surface area contributed by atoms with E-state index in [9.17, 15) is 4.79 Å². The van der Waals surface area contributed by atoms with Gasteiger partial charge >= 0.3 is 5.97 Å². The topological polar surface area (TPSA) is 48.4 Å². The summed E-state index contributed by atoms with van der Waals surface area (Å²) in [5.41, 5.74) is 0.493. The van der Waals surface area contributed by atoms with Crippen LogP contribution >= 0.6 is 11.3 Å². The van der Waals surface area contributed by atoms with Gasteiger partial charge in [0.25, 0.3) is 0 Å². The standard InChI is InChI=1S/C19H33NO3SSi/c1-10-11-15(23-25(8,9)18(2,3)4)19(5,6)17-20-14(13-24-17)12-16(21)22-7/h10,13,15H,1,11-12H2,2-9H3. The first-order valence-corrected chi connectivity index (χ1v) is 12.4. The Morgan fingerprint density at radius 1 is 1.36 bits per heavy atom. The van der Waals surface area contributed by atoms with Gasteiger partial charge in [0.15, 0.2) is 8.32 Å². The predicted molar refractivity (Wildman–Crippen MR) is 108 cm³/mol. The number of hydrogen-bond donors (Lipinski definition) is 0. The van der Waals surface area contributed by atoms with Gasteiger partial charge in [-0.1, -0.05) is 40.7 Å². The molecule has 142 valence electrons. The maximum atomic E-state index is 11.5. The van der Waals surface area contributed by atoms with E-state index < -0.39 is 8.32 Å². The number of esters is 1. The van der Waals surface area contributed by atoms with Crippen molar-refractivity contribution in [2.45, 2.75) is 77.1 Å². The first-order valence-electron chi connectivity index (χ1n) is 8.65. The molecule has 0 aliphatic heterocycles. The Hall–Kier alpha value is -0.983. The molecule has 1 rings (SSSR count). The molecule has 0 N–H and O–H groups in total. The number of hydrogen-bond acceptors (Lipinski definition) is 5. The molecule has 1 atom stereocenters. The van der Waals surface area contributed by atoms with E-state index in [4.69, 9.17) is 9.16 Å². The second-order valence-corrected chi connectivity index (χ2v) is 14.1. The van der Waals surface area contributed by atoms with Gasteiger partial charge in [0.05, 0.1) is 25.3 Å². The van der Waals surface area contributed by atoms with Crippen molar-refractivity contribution in [3.63, 3.8) is 0 Å². The van der Waals surface area contributed by atoms with Gasteiger partial charge in [0.1, 0.15) is 5.01 Å². The summed E-state index contributed by atoms with van der Waals surface area (Å²) in [6.45, 7) is 19.5. The first-order chi connectivity index (χ1) is 11.3. The van der Waals surface area contributed by atoms with E-state index in [0.717, 1.165) is 17.1 Å². The number of thiazole rings is 1. The largest absolute Gasteiger partial charge is 0.469 e. The van der Waals surface area contributed by atoms with Gasteiger partial charge < -0.3 is 9.16 Å². The van der Waals surface area contributed by atoms with Gasteiger partial charge in [-0.15, -0.1) is 17.9 Å². The summed E-state index contributed by atoms with van der Waals surface area (Å²) < 4.78 is 11.4. The molecule has 1 aromatic rings. The van der Waals surface area contributed by atoms with E-state index in [1.807, 2.05) is 11.5 Å². The number of ether oxygens (including phenoxy) is 1. The Morgan fingerprint density at radius 2 is 1.96 bits per heavy atom. The van der Waals surface area contributed by atoms with Crippen molar-refractivity contribution in [3.8, 4) is 0 Å². The number of carbonyl (C=O) groups excluding carboxylic acids is 1. The average molecular weight is 384 g/mol. The lowest BCUT2D eigenvalue weighted by Gasteiger charge is -2.43. The minimum atomic E-state index is -1.92. The fourth-order valence-electron chi connectivity index (χ4n) is 2.22. The first kappa shape index (κ1) is 22.1. The highest BCUT2D eigenvalue weighted by Gasteiger charge is 2.43. The van der Waals surface area contributed by atoms with Crippen LogP contribution in [0.15, 0.2) is 18.0 Å². The Balaban J connectivity index is 3.09. The summed E-state index contributed by atoms with van der Waals surface area (Å²) in [6, 6.07) is 0. The van der Waals surface area contributed by atoms with Gasteiger partial charge in [-0.3, -0.25) is 4.79 Å². The lowest BCUT2D eigenvalue weighted by atomic mass is 9.85. The quantitative estimate of drug-likeness (QED) is 0.356. The van der Waals surface area contributed by atoms with Crippen LogP contribution in [0.25, 0.3) is 0 Å². The minimum Gasteiger partial charge on any atom is -0.469 e. The van der Waals surface area contributed by atoms with Crippen molar-refractivity contribution in [2.24, 2.45) is 0 Å². The molecule has 0 aromatic carbocycles. The third kappa shape index (κ3) is 5.49. The molecule has 0 spiro atoms. The van der Waals surface area contributed by atoms with Crippen LogP contribution in [-0.4, -0.2) is 32.5 Å². The Kier molecular flexibility index (Phi) is 7.18. The molecule has 0 aliphatic carbocycles. The number of carbonyl (C=O) groups is 1. The Labute approximate surface area is 157 Å². The van der Waals surface area contributed by atoms with Crippen LogP contribution < -0.4 is 0 Å². The highest BCUT2D eigenvalue weighted by Crippen LogP contribution is 2.42. The summed E-state index contributed by atoms with van der Waals surface area (Å²) >= 11 is 1.58. The van der Waals surface area contributed by atoms with Gasteiger partial charge in [-0.2, -0.15) is 0 Å². The van der Waals surface area contributed by atoms with Crippen LogP contribution in [0.2, 0.25) is 18.1 Å². The maximum Gasteiger partial charge on any atom is 0.311 e. The molecule has 0 saturated heterocycles. The normalized spacial score (nSPS) is 14.2. The molecular formula is C19H33NO3SSi. The molecule has 1 aromatic heterocycles. The van der Waals surface area contributed by atoms with Crippen molar-refractivity contribution in [2.75, 3.05) is 7.11 Å². The van der Waals surface area contributed by atoms with Crippen molar-refractivity contribution in [1.29, 1.82) is 0 Å². The molecule has 0 bridgehead atoms. The third-order valence-corrected chi connectivity index (χ3v) is 10.8. The van der Waals surface area contributed by atoms with Crippen LogP contribution in [-0.2, 0) is 25.8 Å². The van der Waals surface area contributed by atoms with Crippen LogP contribution in [0.4, 0.5) is 0 Å². The van der Waals surface area contributed by atoms with E-state index >= 15 is 0 Å². The molecule has 0 aliphatic rings. The van der Waals surface area contributed by atoms with Gasteiger partial charge in [-0.25, -0.2) is 4.98 Å². The van der Waals surface area contributed by atoms with E-state index in [0.29, 0.717) is 0 Å². The lowest BCUT2D eigenvalue weighted by molar-refractivity contribution is -0.139. The van der Waals surface area contributed by atoms with Crippen LogP contribution in [0.1, 0.15) is 51.7 Å². The van der Waals surface area contributed by atoms with E-state index in [1.54, 1.807) is 11.3 Å². The summed E-state index contributed by atoms with van der Waals surface area (Å²) in [5.74, 6) is -0.269. The molecule has 6 heteroatoms. The number of aromatic nitrogens is 1. The zero-order chi connectivity index (χ0) is 19.5. The van der Waals surface area contributed by atoms with Crippen LogP contribution in [0.5, 0.6) is 0 Å². The minimum absolute atomic E-state index is 0.00279. The summed E-state index contributed by atoms with van der Waals surface area (Å²) in [5, 5.41) is 3.06. The highest BCUT2D eigenvalue weighted by atomic mass is 32.1. The van der Waals surface area contributed by atoms with Gasteiger partial charge in [-0.05, 0) is 24.6 Å². The molecule has 0 amide bonds. The van der Waals surface area contributed by atoms with E-state index in [2.05, 4.69) is 59.3 Å². The number of nitrogens with zero attached hydrogens (tertiary/aromatic N) is 1. The van der Waals surface area contributed by atoms with E-state index in [-0.39, 0.29) is 28.9 Å². The van der Waals surface area contributed by atoms with Crippen molar-refractivity contribution in [1.82, 2.24) is 4.98 Å². The smallest absolute Gasteiger partial charge is 0.311 e. The fourth-order valence-corrected chi connectivity index (χ4v) is 4.66. The summed E-state index contributed by atoms with van der Waals surface area (Å²) in [7, 11) is -0.523. The van der Waals surface area contributed by atoms with Crippen molar-refractivity contribution in [3.05, 3.63) is 28.7 Å². The second kappa shape index (κ2) is 8.14. The Morgan fingerprint density at radius 3 is 2.44 bits per heavy atom. The molecule has 1 unspecified atom stereocenters. The molecule has 1 heterocycles. The zero-order valence-electron chi connectivity index (χ0n) is 16.9. The zero-order valence-corrected chi connectivity index (χ0v) is 18.8. The Bertz CT molecular complexity index is 602. The van der Waals surface area contributed by atoms with Crippen LogP contribution in [0.3, 0.4) is 0 Å². The van der Waals surface area contributed by atoms with Crippen molar-refractivity contribution < 1.29 is 14.0 Å². The molecule has 0 radical (unpaired) electrons. The molecular weight excluding hydrogens is 350 g/mol. The molecule has 25 heavy (non-hydrogen) atoms. The summed E-state index contributed by atoms with van der Waals surface area (Å²) in [4.78, 5) is 16.2. The average Bonchev–Trinajstić information content (AvgIpc) is 2.94. The van der Waals surface area contributed by atoms with Crippen molar-refractivity contribution >= 4 is 25.6 Å². The van der Waals surface area contributed by atoms with E-state index in [1.165, 1.54) is 7.11 Å². The second-order valence-electron chi connectivity index (χ2n) is 8.51. The van der Waals surface area contributed by atoms with Gasteiger partial charge in [0, 0.05) is 10.8 Å². The lowest BCUT2D eigenvalue weighted by Crippen LogP contribution is -2.49. The van der Waals surface area contributed by atoms with Gasteiger partial charge in [0.2, 0.25) is 0 Å². The maximum absolute atomic E-state index is 11.5. The molecule has 0 fully saturated rings. The highest BCUT2D eigenvalue weighted by molar-refractivity contribution is 7.09. The molecule has 0 saturated carbocycles. The molecule has 4 nitrogen and oxygen atoms in total. The number of methoxy groups -OCH3 is 1. The monoisotopic (exact) mass is 383 g/mol. The SMILES string of the molecule is C=CCC(O[Si](C)(C)C(C)(C)C)C(C)(C)c1nc(CC(=O)OC)cs1.